The van der Waals surface area contributed by atoms with Crippen molar-refractivity contribution in [1.29, 1.82) is 0 Å². The molecule has 2 N–H and O–H groups in total. The van der Waals surface area contributed by atoms with E-state index in [1.165, 1.54) is 19.2 Å². The largest absolute Gasteiger partial charge is 0.480 e. The van der Waals surface area contributed by atoms with Crippen molar-refractivity contribution in [2.24, 2.45) is 0 Å². The number of pyridine rings is 1. The molecule has 108 valence electrons. The number of carbonyl (C=O) groups excluding carboxylic acids is 1. The van der Waals surface area contributed by atoms with E-state index in [1.807, 2.05) is 0 Å². The monoisotopic (exact) mass is 299 g/mol. The van der Waals surface area contributed by atoms with E-state index in [1.54, 1.807) is 6.92 Å². The van der Waals surface area contributed by atoms with Gasteiger partial charge in [0, 0.05) is 24.4 Å². The molecule has 1 heterocycles. The molecule has 9 heteroatoms. The Labute approximate surface area is 118 Å². The van der Waals surface area contributed by atoms with Crippen LogP contribution in [0.25, 0.3) is 0 Å². The number of nitrogens with one attached hydrogen (secondary N) is 1. The first-order valence-electron chi connectivity index (χ1n) is 5.55. The maximum absolute atomic E-state index is 11.0. The zero-order valence-electron chi connectivity index (χ0n) is 10.8. The highest BCUT2D eigenvalue weighted by Gasteiger charge is 2.23. The first kappa shape index (κ1) is 15.9. The quantitative estimate of drug-likeness (QED) is 0.456. The SMILES string of the molecule is CC(=O)N[C@@H](CSc1nccc(C)c1[N+](=O)[O-])C(=O)O. The number of nitrogens with zero attached hydrogens (tertiary/aromatic N) is 2. The van der Waals surface area contributed by atoms with Crippen LogP contribution in [0.3, 0.4) is 0 Å². The van der Waals surface area contributed by atoms with E-state index < -0.39 is 22.8 Å². The molecule has 1 aromatic rings. The maximum Gasteiger partial charge on any atom is 0.327 e. The Morgan fingerprint density at radius 1 is 1.60 bits per heavy atom. The predicted octanol–water partition coefficient (Wildman–Crippen LogP) is 0.980. The number of thioether (sulfide) groups is 1. The average Bonchev–Trinajstić information content (AvgIpc) is 2.33. The van der Waals surface area contributed by atoms with Crippen molar-refractivity contribution in [3.8, 4) is 0 Å². The van der Waals surface area contributed by atoms with Crippen LogP contribution in [0, 0.1) is 17.0 Å². The first-order chi connectivity index (χ1) is 9.32. The van der Waals surface area contributed by atoms with Crippen molar-refractivity contribution < 1.29 is 19.6 Å². The van der Waals surface area contributed by atoms with E-state index in [-0.39, 0.29) is 16.5 Å². The molecule has 20 heavy (non-hydrogen) atoms. The van der Waals surface area contributed by atoms with Gasteiger partial charge in [-0.15, -0.1) is 0 Å². The maximum atomic E-state index is 11.0. The number of hydrogen-bond acceptors (Lipinski definition) is 6. The number of aromatic nitrogens is 1. The molecule has 0 saturated heterocycles. The van der Waals surface area contributed by atoms with Crippen molar-refractivity contribution in [2.45, 2.75) is 24.9 Å². The van der Waals surface area contributed by atoms with E-state index >= 15 is 0 Å². The summed E-state index contributed by atoms with van der Waals surface area (Å²) in [5, 5.41) is 22.3. The Bertz CT molecular complexity index is 549. The van der Waals surface area contributed by atoms with Crippen LogP contribution < -0.4 is 5.32 Å². The van der Waals surface area contributed by atoms with Gasteiger partial charge in [-0.2, -0.15) is 0 Å². The summed E-state index contributed by atoms with van der Waals surface area (Å²) < 4.78 is 0. The van der Waals surface area contributed by atoms with Gasteiger partial charge >= 0.3 is 11.7 Å². The molecular formula is C11H13N3O5S. The normalized spacial score (nSPS) is 11.7. The lowest BCUT2D eigenvalue weighted by Crippen LogP contribution is -2.41. The fraction of sp³-hybridized carbons (Fsp3) is 0.364. The van der Waals surface area contributed by atoms with Crippen LogP contribution in [-0.2, 0) is 9.59 Å². The number of carboxylic acid groups (broad SMARTS) is 1. The number of carbonyl (C=O) groups is 2. The fourth-order valence-electron chi connectivity index (χ4n) is 1.44. The van der Waals surface area contributed by atoms with Crippen LogP contribution in [0.4, 0.5) is 5.69 Å². The van der Waals surface area contributed by atoms with Gasteiger partial charge in [0.05, 0.1) is 4.92 Å². The van der Waals surface area contributed by atoms with Crippen LogP contribution in [0.1, 0.15) is 12.5 Å². The zero-order valence-corrected chi connectivity index (χ0v) is 11.6. The smallest absolute Gasteiger partial charge is 0.327 e. The number of amides is 1. The topological polar surface area (TPSA) is 122 Å². The van der Waals surface area contributed by atoms with Crippen molar-refractivity contribution in [3.63, 3.8) is 0 Å². The molecule has 1 amide bonds. The molecule has 0 unspecified atom stereocenters. The molecule has 0 aliphatic heterocycles. The molecule has 0 spiro atoms. The summed E-state index contributed by atoms with van der Waals surface area (Å²) >= 11 is 0.920. The average molecular weight is 299 g/mol. The lowest BCUT2D eigenvalue weighted by atomic mass is 10.3. The molecule has 1 rings (SSSR count). The highest BCUT2D eigenvalue weighted by atomic mass is 32.2. The van der Waals surface area contributed by atoms with E-state index in [0.717, 1.165) is 11.8 Å². The number of aliphatic carboxylic acids is 1. The second-order valence-corrected chi connectivity index (χ2v) is 4.95. The molecule has 0 saturated carbocycles. The second-order valence-electron chi connectivity index (χ2n) is 3.94. The molecule has 1 atom stereocenters. The Kier molecular flexibility index (Phi) is 5.44. The van der Waals surface area contributed by atoms with E-state index in [9.17, 15) is 19.7 Å². The zero-order chi connectivity index (χ0) is 15.3. The minimum Gasteiger partial charge on any atom is -0.480 e. The highest BCUT2D eigenvalue weighted by molar-refractivity contribution is 7.99. The van der Waals surface area contributed by atoms with Gasteiger partial charge in [0.25, 0.3) is 0 Å². The van der Waals surface area contributed by atoms with Crippen LogP contribution in [0.15, 0.2) is 17.3 Å². The third kappa shape index (κ3) is 4.19. The molecule has 0 radical (unpaired) electrons. The molecule has 0 fully saturated rings. The van der Waals surface area contributed by atoms with Gasteiger partial charge in [-0.25, -0.2) is 9.78 Å². The highest BCUT2D eigenvalue weighted by Crippen LogP contribution is 2.29. The van der Waals surface area contributed by atoms with Crippen LogP contribution in [-0.4, -0.2) is 38.7 Å². The number of carboxylic acids is 1. The van der Waals surface area contributed by atoms with Gasteiger partial charge < -0.3 is 10.4 Å². The molecule has 0 aliphatic carbocycles. The summed E-state index contributed by atoms with van der Waals surface area (Å²) in [4.78, 5) is 36.1. The lowest BCUT2D eigenvalue weighted by molar-refractivity contribution is -0.388. The molecule has 0 bridgehead atoms. The molecule has 0 aromatic carbocycles. The summed E-state index contributed by atoms with van der Waals surface area (Å²) in [6, 6.07) is 0.379. The second kappa shape index (κ2) is 6.85. The minimum atomic E-state index is -1.21. The summed E-state index contributed by atoms with van der Waals surface area (Å²) in [7, 11) is 0. The van der Waals surface area contributed by atoms with E-state index in [0.29, 0.717) is 5.56 Å². The van der Waals surface area contributed by atoms with E-state index in [2.05, 4.69) is 10.3 Å². The van der Waals surface area contributed by atoms with Gasteiger partial charge in [-0.1, -0.05) is 11.8 Å². The third-order valence-electron chi connectivity index (χ3n) is 2.34. The van der Waals surface area contributed by atoms with Crippen LogP contribution in [0.5, 0.6) is 0 Å². The Balaban J connectivity index is 2.88. The van der Waals surface area contributed by atoms with Gasteiger partial charge in [0.1, 0.15) is 6.04 Å². The number of hydrogen-bond donors (Lipinski definition) is 2. The predicted molar refractivity (Wildman–Crippen MR) is 71.6 cm³/mol. The van der Waals surface area contributed by atoms with Crippen LogP contribution >= 0.6 is 11.8 Å². The van der Waals surface area contributed by atoms with Crippen molar-refractivity contribution in [2.75, 3.05) is 5.75 Å². The van der Waals surface area contributed by atoms with Crippen molar-refractivity contribution in [1.82, 2.24) is 10.3 Å². The number of aryl methyl sites for hydroxylation is 1. The summed E-state index contributed by atoms with van der Waals surface area (Å²) in [5.74, 6) is -1.74. The molecule has 0 aliphatic rings. The molecule has 1 aromatic heterocycles. The van der Waals surface area contributed by atoms with Gasteiger partial charge in [-0.05, 0) is 13.0 Å². The molecular weight excluding hydrogens is 286 g/mol. The standard InChI is InChI=1S/C11H13N3O5S/c1-6-3-4-12-10(9(6)14(18)19)20-5-8(11(16)17)13-7(2)15/h3-4,8H,5H2,1-2H3,(H,13,15)(H,16,17)/t8-/m0/s1. The fourth-order valence-corrected chi connectivity index (χ4v) is 2.49. The van der Waals surface area contributed by atoms with E-state index in [4.69, 9.17) is 5.11 Å². The lowest BCUT2D eigenvalue weighted by Gasteiger charge is -2.12. The Hall–Kier alpha value is -2.16. The first-order valence-corrected chi connectivity index (χ1v) is 6.54. The summed E-state index contributed by atoms with van der Waals surface area (Å²) in [6.45, 7) is 2.78. The number of rotatable bonds is 6. The Morgan fingerprint density at radius 2 is 2.25 bits per heavy atom. The summed E-state index contributed by atoms with van der Waals surface area (Å²) in [6.07, 6.45) is 1.42. The molecule has 8 nitrogen and oxygen atoms in total. The minimum absolute atomic E-state index is 0.0494. The summed E-state index contributed by atoms with van der Waals surface area (Å²) in [5.41, 5.74) is 0.295. The van der Waals surface area contributed by atoms with Crippen molar-refractivity contribution in [3.05, 3.63) is 27.9 Å². The van der Waals surface area contributed by atoms with Crippen LogP contribution in [0.2, 0.25) is 0 Å². The van der Waals surface area contributed by atoms with Gasteiger partial charge in [-0.3, -0.25) is 14.9 Å². The van der Waals surface area contributed by atoms with Gasteiger partial charge in [0.15, 0.2) is 5.03 Å². The number of nitro groups is 1. The van der Waals surface area contributed by atoms with Gasteiger partial charge in [0.2, 0.25) is 5.91 Å². The third-order valence-corrected chi connectivity index (χ3v) is 3.41. The van der Waals surface area contributed by atoms with Crippen molar-refractivity contribution >= 4 is 29.3 Å². The Morgan fingerprint density at radius 3 is 2.75 bits per heavy atom.